The van der Waals surface area contributed by atoms with Crippen molar-refractivity contribution in [3.05, 3.63) is 28.8 Å². The minimum absolute atomic E-state index is 0.0446. The molecule has 0 fully saturated rings. The van der Waals surface area contributed by atoms with Gasteiger partial charge in [0.1, 0.15) is 0 Å². The van der Waals surface area contributed by atoms with Crippen LogP contribution in [-0.2, 0) is 11.0 Å². The molecule has 0 bridgehead atoms. The van der Waals surface area contributed by atoms with E-state index in [-0.39, 0.29) is 15.7 Å². The predicted molar refractivity (Wildman–Crippen MR) is 80.3 cm³/mol. The summed E-state index contributed by atoms with van der Waals surface area (Å²) in [6.07, 6.45) is -3.63. The third-order valence-electron chi connectivity index (χ3n) is 2.78. The third-order valence-corrected chi connectivity index (χ3v) is 3.30. The summed E-state index contributed by atoms with van der Waals surface area (Å²) in [5, 5.41) is 2.16. The van der Waals surface area contributed by atoms with E-state index in [9.17, 15) is 18.0 Å². The van der Waals surface area contributed by atoms with Gasteiger partial charge in [0.2, 0.25) is 5.91 Å². The highest BCUT2D eigenvalue weighted by Crippen LogP contribution is 2.36. The number of nitrogens with two attached hydrogens (primary N) is 1. The highest BCUT2D eigenvalue weighted by atomic mass is 35.5. The number of carbonyl (C=O) groups is 1. The summed E-state index contributed by atoms with van der Waals surface area (Å²) in [4.78, 5) is 12.0. The first-order valence-electron chi connectivity index (χ1n) is 6.13. The van der Waals surface area contributed by atoms with Gasteiger partial charge in [0, 0.05) is 5.02 Å². The van der Waals surface area contributed by atoms with E-state index >= 15 is 0 Å². The molecule has 8 heteroatoms. The fourth-order valence-corrected chi connectivity index (χ4v) is 2.17. The Hall–Kier alpha value is -1.34. The second-order valence-electron chi connectivity index (χ2n) is 4.42. The summed E-state index contributed by atoms with van der Waals surface area (Å²) in [7, 11) is 0. The topological polar surface area (TPSA) is 55.1 Å². The molecule has 0 saturated heterocycles. The zero-order valence-corrected chi connectivity index (χ0v) is 12.7. The van der Waals surface area contributed by atoms with Crippen LogP contribution in [-0.4, -0.2) is 10.9 Å². The molecule has 0 radical (unpaired) electrons. The van der Waals surface area contributed by atoms with Crippen LogP contribution in [0.5, 0.6) is 0 Å². The Morgan fingerprint density at radius 2 is 2.10 bits per heavy atom. The molecule has 1 atom stereocenters. The number of thiocarbonyl (C=S) groups is 1. The van der Waals surface area contributed by atoms with Crippen LogP contribution in [0, 0.1) is 5.92 Å². The molecule has 116 valence electrons. The van der Waals surface area contributed by atoms with Crippen LogP contribution in [0.15, 0.2) is 18.2 Å². The lowest BCUT2D eigenvalue weighted by atomic mass is 10.0. The zero-order valence-electron chi connectivity index (χ0n) is 11.1. The number of halogens is 4. The number of anilines is 1. The minimum Gasteiger partial charge on any atom is -0.393 e. The summed E-state index contributed by atoms with van der Waals surface area (Å²) in [6, 6.07) is 3.13. The minimum atomic E-state index is -4.63. The van der Waals surface area contributed by atoms with Crippen molar-refractivity contribution < 1.29 is 18.0 Å². The molecule has 3 N–H and O–H groups in total. The van der Waals surface area contributed by atoms with Crippen molar-refractivity contribution in [2.75, 3.05) is 5.32 Å². The summed E-state index contributed by atoms with van der Waals surface area (Å²) < 4.78 is 38.8. The van der Waals surface area contributed by atoms with Gasteiger partial charge >= 0.3 is 6.18 Å². The lowest BCUT2D eigenvalue weighted by Gasteiger charge is -2.18. The Morgan fingerprint density at radius 3 is 2.57 bits per heavy atom. The fraction of sp³-hybridized carbons (Fsp3) is 0.385. The van der Waals surface area contributed by atoms with Gasteiger partial charge < -0.3 is 11.1 Å². The van der Waals surface area contributed by atoms with E-state index < -0.39 is 23.6 Å². The van der Waals surface area contributed by atoms with Gasteiger partial charge in [-0.1, -0.05) is 37.2 Å². The quantitative estimate of drug-likeness (QED) is 0.798. The van der Waals surface area contributed by atoms with Crippen molar-refractivity contribution in [1.82, 2.24) is 0 Å². The van der Waals surface area contributed by atoms with Crippen LogP contribution < -0.4 is 11.1 Å². The van der Waals surface area contributed by atoms with Crippen molar-refractivity contribution in [1.29, 1.82) is 0 Å². The summed E-state index contributed by atoms with van der Waals surface area (Å²) >= 11 is 10.3. The lowest BCUT2D eigenvalue weighted by Crippen LogP contribution is -2.33. The number of hydrogen-bond donors (Lipinski definition) is 2. The SMILES string of the molecule is CCCC(C(=O)Nc1ccc(Cl)cc1C(F)(F)F)C(N)=S. The first kappa shape index (κ1) is 17.7. The van der Waals surface area contributed by atoms with Crippen LogP contribution in [0.1, 0.15) is 25.3 Å². The summed E-state index contributed by atoms with van der Waals surface area (Å²) in [5.41, 5.74) is 4.07. The number of hydrogen-bond acceptors (Lipinski definition) is 2. The molecule has 1 aromatic rings. The van der Waals surface area contributed by atoms with Crippen LogP contribution in [0.3, 0.4) is 0 Å². The van der Waals surface area contributed by atoms with Crippen molar-refractivity contribution in [3.8, 4) is 0 Å². The molecule has 3 nitrogen and oxygen atoms in total. The molecular formula is C13H14ClF3N2OS. The zero-order chi connectivity index (χ0) is 16.2. The van der Waals surface area contributed by atoms with Gasteiger partial charge in [0.05, 0.1) is 22.2 Å². The van der Waals surface area contributed by atoms with E-state index in [2.05, 4.69) is 5.32 Å². The van der Waals surface area contributed by atoms with Crippen LogP contribution in [0.25, 0.3) is 0 Å². The Bertz CT molecular complexity index is 549. The van der Waals surface area contributed by atoms with Gasteiger partial charge in [-0.2, -0.15) is 13.2 Å². The van der Waals surface area contributed by atoms with E-state index in [1.807, 2.05) is 6.92 Å². The molecule has 0 aromatic heterocycles. The molecule has 21 heavy (non-hydrogen) atoms. The molecule has 1 unspecified atom stereocenters. The number of benzene rings is 1. The predicted octanol–water partition coefficient (Wildman–Crippen LogP) is 4.00. The highest BCUT2D eigenvalue weighted by Gasteiger charge is 2.34. The molecule has 0 heterocycles. The number of rotatable bonds is 5. The summed E-state index contributed by atoms with van der Waals surface area (Å²) in [5.74, 6) is -1.46. The van der Waals surface area contributed by atoms with Crippen molar-refractivity contribution in [2.45, 2.75) is 25.9 Å². The molecular weight excluding hydrogens is 325 g/mol. The fourth-order valence-electron chi connectivity index (χ4n) is 1.77. The Kier molecular flexibility index (Phi) is 5.98. The Labute approximate surface area is 130 Å². The number of nitrogens with one attached hydrogen (secondary N) is 1. The average molecular weight is 339 g/mol. The number of amides is 1. The van der Waals surface area contributed by atoms with E-state index in [0.717, 1.165) is 12.1 Å². The number of alkyl halides is 3. The molecule has 0 saturated carbocycles. The third kappa shape index (κ3) is 4.86. The molecule has 1 amide bonds. The average Bonchev–Trinajstić information content (AvgIpc) is 2.36. The number of carbonyl (C=O) groups excluding carboxylic acids is 1. The highest BCUT2D eigenvalue weighted by molar-refractivity contribution is 7.80. The Morgan fingerprint density at radius 1 is 1.48 bits per heavy atom. The van der Waals surface area contributed by atoms with Crippen LogP contribution in [0.2, 0.25) is 5.02 Å². The second-order valence-corrected chi connectivity index (χ2v) is 5.33. The van der Waals surface area contributed by atoms with Gasteiger partial charge in [0.25, 0.3) is 0 Å². The standard InChI is InChI=1S/C13H14ClF3N2OS/c1-2-3-8(11(18)21)12(20)19-10-5-4-7(14)6-9(10)13(15,16)17/h4-6,8H,2-3H2,1H3,(H2,18,21)(H,19,20). The van der Waals surface area contributed by atoms with E-state index in [4.69, 9.17) is 29.6 Å². The van der Waals surface area contributed by atoms with Crippen molar-refractivity contribution in [2.24, 2.45) is 11.7 Å². The van der Waals surface area contributed by atoms with E-state index in [0.29, 0.717) is 12.8 Å². The van der Waals surface area contributed by atoms with E-state index in [1.54, 1.807) is 0 Å². The molecule has 0 aliphatic heterocycles. The second kappa shape index (κ2) is 7.09. The largest absolute Gasteiger partial charge is 0.418 e. The van der Waals surface area contributed by atoms with E-state index in [1.165, 1.54) is 6.07 Å². The van der Waals surface area contributed by atoms with Crippen molar-refractivity contribution >= 4 is 40.4 Å². The van der Waals surface area contributed by atoms with Gasteiger partial charge in [-0.05, 0) is 24.6 Å². The maximum Gasteiger partial charge on any atom is 0.418 e. The molecule has 1 aromatic carbocycles. The molecule has 1 rings (SSSR count). The van der Waals surface area contributed by atoms with Gasteiger partial charge in [-0.25, -0.2) is 0 Å². The molecule has 0 aliphatic rings. The molecule has 0 spiro atoms. The first-order valence-corrected chi connectivity index (χ1v) is 6.92. The normalized spacial score (nSPS) is 12.8. The smallest absolute Gasteiger partial charge is 0.393 e. The first-order chi connectivity index (χ1) is 9.66. The Balaban J connectivity index is 3.07. The van der Waals surface area contributed by atoms with Crippen LogP contribution >= 0.6 is 23.8 Å². The van der Waals surface area contributed by atoms with Gasteiger partial charge in [0.15, 0.2) is 0 Å². The lowest BCUT2D eigenvalue weighted by molar-refractivity contribution is -0.137. The van der Waals surface area contributed by atoms with Crippen molar-refractivity contribution in [3.63, 3.8) is 0 Å². The summed E-state index contributed by atoms with van der Waals surface area (Å²) in [6.45, 7) is 1.82. The van der Waals surface area contributed by atoms with Gasteiger partial charge in [-0.15, -0.1) is 0 Å². The maximum atomic E-state index is 12.9. The monoisotopic (exact) mass is 338 g/mol. The van der Waals surface area contributed by atoms with Gasteiger partial charge in [-0.3, -0.25) is 4.79 Å². The van der Waals surface area contributed by atoms with Crippen LogP contribution in [0.4, 0.5) is 18.9 Å². The maximum absolute atomic E-state index is 12.9. The molecule has 0 aliphatic carbocycles.